The fraction of sp³-hybridized carbons (Fsp3) is 0.263. The molecule has 1 heterocycles. The Balaban J connectivity index is 0.000000617. The summed E-state index contributed by atoms with van der Waals surface area (Å²) in [5.74, 6) is -3.24. The number of methoxy groups -OCH3 is 3. The summed E-state index contributed by atoms with van der Waals surface area (Å²) >= 11 is 0. The Kier molecular flexibility index (Phi) is 11.3. The van der Waals surface area contributed by atoms with Gasteiger partial charge in [0.05, 0.1) is 21.3 Å². The summed E-state index contributed by atoms with van der Waals surface area (Å²) in [5, 5.41) is 7.93. The average molecular weight is 647 g/mol. The van der Waals surface area contributed by atoms with Crippen LogP contribution in [0.4, 0.5) is 26.3 Å². The Morgan fingerprint density at radius 1 is 1.00 bits per heavy atom. The summed E-state index contributed by atoms with van der Waals surface area (Å²) in [5.41, 5.74) is 1.52. The first-order valence-corrected chi connectivity index (χ1v) is 8.06. The van der Waals surface area contributed by atoms with Crippen molar-refractivity contribution in [1.29, 1.82) is 0 Å². The zero-order valence-electron chi connectivity index (χ0n) is 16.6. The van der Waals surface area contributed by atoms with Gasteiger partial charge in [-0.25, -0.2) is 0 Å². The standard InChI is InChI=1S/C14H14NO3.C5H2F6O2.Pt/c1-16-10-4-5-12(14(9-10)18-3)13-8-11(17-2)6-7-15-13;6-4(7,8)2(12)1-3(13)5(9,10)11;/h4,6-9H,1-3H3;1,12H;/q-1;;/b;2-1-;. The van der Waals surface area contributed by atoms with Crippen LogP contribution in [-0.4, -0.2) is 49.6 Å². The molecule has 1 aromatic heterocycles. The van der Waals surface area contributed by atoms with Gasteiger partial charge in [-0.15, -0.1) is 12.1 Å². The molecule has 0 bridgehead atoms. The molecule has 0 fully saturated rings. The first-order chi connectivity index (χ1) is 14.3. The number of carbonyl (C=O) groups excluding carboxylic acids is 1. The average Bonchev–Trinajstić information content (AvgIpc) is 2.72. The van der Waals surface area contributed by atoms with Crippen LogP contribution in [0.2, 0.25) is 0 Å². The number of allylic oxidation sites excluding steroid dienone is 2. The number of ketones is 1. The van der Waals surface area contributed by atoms with Gasteiger partial charge in [-0.05, 0) is 17.8 Å². The maximum Gasteiger partial charge on any atom is 0.454 e. The second-order valence-corrected chi connectivity index (χ2v) is 5.45. The van der Waals surface area contributed by atoms with Crippen molar-refractivity contribution < 1.29 is 71.5 Å². The molecule has 13 heteroatoms. The summed E-state index contributed by atoms with van der Waals surface area (Å²) < 4.78 is 83.7. The predicted molar refractivity (Wildman–Crippen MR) is 96.0 cm³/mol. The number of aliphatic hydroxyl groups is 1. The molecule has 0 aliphatic heterocycles. The van der Waals surface area contributed by atoms with E-state index in [1.807, 2.05) is 6.07 Å². The molecule has 0 saturated heterocycles. The van der Waals surface area contributed by atoms with E-state index in [0.717, 1.165) is 17.0 Å². The van der Waals surface area contributed by atoms with Gasteiger partial charge in [-0.2, -0.15) is 26.3 Å². The second-order valence-electron chi connectivity index (χ2n) is 5.45. The van der Waals surface area contributed by atoms with Gasteiger partial charge < -0.3 is 24.3 Å². The van der Waals surface area contributed by atoms with E-state index in [2.05, 4.69) is 11.1 Å². The van der Waals surface area contributed by atoms with E-state index in [4.69, 9.17) is 19.3 Å². The molecule has 0 saturated carbocycles. The monoisotopic (exact) mass is 647 g/mol. The van der Waals surface area contributed by atoms with Crippen molar-refractivity contribution in [1.82, 2.24) is 4.98 Å². The first kappa shape index (κ1) is 29.2. The predicted octanol–water partition coefficient (Wildman–Crippen LogP) is 4.69. The summed E-state index contributed by atoms with van der Waals surface area (Å²) in [6.45, 7) is 0. The third kappa shape index (κ3) is 8.78. The van der Waals surface area contributed by atoms with Crippen LogP contribution < -0.4 is 14.2 Å². The van der Waals surface area contributed by atoms with Crippen molar-refractivity contribution in [3.63, 3.8) is 0 Å². The number of aromatic nitrogens is 1. The smallest absolute Gasteiger partial charge is 0.454 e. The van der Waals surface area contributed by atoms with Crippen molar-refractivity contribution in [3.05, 3.63) is 48.4 Å². The number of carbonyl (C=O) groups is 1. The largest absolute Gasteiger partial charge is 0.540 e. The van der Waals surface area contributed by atoms with Crippen LogP contribution in [0.25, 0.3) is 11.3 Å². The Bertz CT molecular complexity index is 931. The third-order valence-corrected chi connectivity index (χ3v) is 3.40. The second kappa shape index (κ2) is 12.3. The number of rotatable bonds is 5. The number of halogens is 6. The molecule has 2 aromatic rings. The van der Waals surface area contributed by atoms with Crippen LogP contribution in [0.15, 0.2) is 42.3 Å². The fourth-order valence-corrected chi connectivity index (χ4v) is 1.90. The van der Waals surface area contributed by atoms with Crippen molar-refractivity contribution >= 4 is 5.78 Å². The van der Waals surface area contributed by atoms with Gasteiger partial charge in [0.25, 0.3) is 5.78 Å². The van der Waals surface area contributed by atoms with E-state index < -0.39 is 30.0 Å². The number of ether oxygens (including phenoxy) is 3. The molecule has 0 aliphatic carbocycles. The summed E-state index contributed by atoms with van der Waals surface area (Å²) in [6, 6.07) is 10.3. The maximum absolute atomic E-state index is 11.4. The van der Waals surface area contributed by atoms with Crippen LogP contribution in [0.5, 0.6) is 17.2 Å². The van der Waals surface area contributed by atoms with Gasteiger partial charge in [-0.3, -0.25) is 4.79 Å². The number of hydrogen-bond acceptors (Lipinski definition) is 6. The number of hydrogen-bond donors (Lipinski definition) is 1. The molecule has 32 heavy (non-hydrogen) atoms. The summed E-state index contributed by atoms with van der Waals surface area (Å²) in [6.07, 6.45) is -9.99. The van der Waals surface area contributed by atoms with Gasteiger partial charge in [0.2, 0.25) is 5.76 Å². The van der Waals surface area contributed by atoms with Gasteiger partial charge in [0.1, 0.15) is 5.75 Å². The number of nitrogens with zero attached hydrogens (tertiary/aromatic N) is 1. The first-order valence-electron chi connectivity index (χ1n) is 8.06. The molecular weight excluding hydrogens is 631 g/mol. The van der Waals surface area contributed by atoms with E-state index in [9.17, 15) is 31.1 Å². The molecular formula is C19H16F6NO5Pt-. The zero-order valence-corrected chi connectivity index (χ0v) is 18.8. The van der Waals surface area contributed by atoms with Crippen LogP contribution in [-0.2, 0) is 25.9 Å². The maximum atomic E-state index is 11.4. The number of alkyl halides is 6. The van der Waals surface area contributed by atoms with Gasteiger partial charge in [-0.1, -0.05) is 11.6 Å². The van der Waals surface area contributed by atoms with E-state index >= 15 is 0 Å². The quantitative estimate of drug-likeness (QED) is 0.220. The van der Waals surface area contributed by atoms with Crippen LogP contribution >= 0.6 is 0 Å². The normalized spacial score (nSPS) is 11.5. The molecule has 1 aromatic carbocycles. The molecule has 0 spiro atoms. The van der Waals surface area contributed by atoms with Crippen molar-refractivity contribution in [2.45, 2.75) is 12.4 Å². The van der Waals surface area contributed by atoms with Crippen molar-refractivity contribution in [3.8, 4) is 28.5 Å². The number of pyridine rings is 1. The fourth-order valence-electron chi connectivity index (χ4n) is 1.90. The molecule has 0 unspecified atom stereocenters. The van der Waals surface area contributed by atoms with Gasteiger partial charge in [0.15, 0.2) is 0 Å². The van der Waals surface area contributed by atoms with E-state index in [1.54, 1.807) is 45.7 Å². The molecule has 0 atom stereocenters. The topological polar surface area (TPSA) is 77.9 Å². The van der Waals surface area contributed by atoms with E-state index in [-0.39, 0.29) is 21.1 Å². The van der Waals surface area contributed by atoms with Crippen molar-refractivity contribution in [2.75, 3.05) is 21.3 Å². The molecule has 2 rings (SSSR count). The van der Waals surface area contributed by atoms with Crippen LogP contribution in [0.3, 0.4) is 0 Å². The van der Waals surface area contributed by atoms with Gasteiger partial charge >= 0.3 is 12.4 Å². The number of aliphatic hydroxyl groups excluding tert-OH is 1. The Labute approximate surface area is 193 Å². The van der Waals surface area contributed by atoms with Crippen molar-refractivity contribution in [2.24, 2.45) is 0 Å². The van der Waals surface area contributed by atoms with E-state index in [1.165, 1.54) is 0 Å². The minimum Gasteiger partial charge on any atom is -0.540 e. The summed E-state index contributed by atoms with van der Waals surface area (Å²) in [4.78, 5) is 14.1. The number of benzene rings is 1. The Morgan fingerprint density at radius 3 is 2.06 bits per heavy atom. The minimum atomic E-state index is -5.42. The molecule has 0 radical (unpaired) electrons. The van der Waals surface area contributed by atoms with E-state index in [0.29, 0.717) is 11.5 Å². The minimum absolute atomic E-state index is 0. The Morgan fingerprint density at radius 2 is 1.59 bits per heavy atom. The SMILES string of the molecule is COc1ccnc(-c2[c-]cc(OC)cc2OC)c1.O=C(/C=C(\O)C(F)(F)F)C(F)(F)F.[Pt]. The molecule has 0 amide bonds. The van der Waals surface area contributed by atoms with Crippen LogP contribution in [0, 0.1) is 6.07 Å². The summed E-state index contributed by atoms with van der Waals surface area (Å²) in [7, 11) is 4.83. The zero-order chi connectivity index (χ0) is 23.8. The van der Waals surface area contributed by atoms with Crippen LogP contribution in [0.1, 0.15) is 0 Å². The third-order valence-electron chi connectivity index (χ3n) is 3.40. The molecule has 1 N–H and O–H groups in total. The Hall–Kier alpha value is -2.75. The molecule has 180 valence electrons. The molecule has 0 aliphatic rings. The molecule has 6 nitrogen and oxygen atoms in total. The van der Waals surface area contributed by atoms with Gasteiger partial charge in [0, 0.05) is 44.8 Å².